The molecule has 2 aliphatic rings. The van der Waals surface area contributed by atoms with Crippen LogP contribution in [0.25, 0.3) is 0 Å². The van der Waals surface area contributed by atoms with Crippen molar-refractivity contribution < 1.29 is 17.6 Å². The number of halogens is 2. The summed E-state index contributed by atoms with van der Waals surface area (Å²) in [6.07, 6.45) is 1.31. The van der Waals surface area contributed by atoms with Gasteiger partial charge in [0, 0.05) is 50.8 Å². The van der Waals surface area contributed by atoms with Crippen molar-refractivity contribution in [2.24, 2.45) is 5.92 Å². The highest BCUT2D eigenvalue weighted by atomic mass is 35.5. The molecule has 0 aromatic heterocycles. The zero-order valence-corrected chi connectivity index (χ0v) is 19.4. The van der Waals surface area contributed by atoms with Crippen LogP contribution in [0.3, 0.4) is 0 Å². The highest BCUT2D eigenvalue weighted by molar-refractivity contribution is 7.89. The fourth-order valence-corrected chi connectivity index (χ4v) is 6.00. The second kappa shape index (κ2) is 9.87. The van der Waals surface area contributed by atoms with Crippen molar-refractivity contribution in [2.45, 2.75) is 24.3 Å². The number of carbonyl (C=O) groups excluding carboxylic acids is 1. The molecule has 0 radical (unpaired) electrons. The summed E-state index contributed by atoms with van der Waals surface area (Å²) >= 11 is 5.95. The minimum absolute atomic E-state index is 0.0233. The van der Waals surface area contributed by atoms with Crippen LogP contribution in [-0.4, -0.2) is 67.7 Å². The highest BCUT2D eigenvalue weighted by Gasteiger charge is 2.35. The van der Waals surface area contributed by atoms with Gasteiger partial charge in [0.25, 0.3) is 0 Å². The first-order valence-corrected chi connectivity index (χ1v) is 12.7. The quantitative estimate of drug-likeness (QED) is 0.660. The smallest absolute Gasteiger partial charge is 0.243 e. The maximum absolute atomic E-state index is 13.2. The van der Waals surface area contributed by atoms with Crippen molar-refractivity contribution in [3.05, 3.63) is 64.9 Å². The summed E-state index contributed by atoms with van der Waals surface area (Å²) in [7, 11) is -3.74. The number of rotatable bonds is 5. The fourth-order valence-electron chi connectivity index (χ4n) is 4.35. The van der Waals surface area contributed by atoms with Crippen molar-refractivity contribution in [3.63, 3.8) is 0 Å². The molecule has 172 valence electrons. The largest absolute Gasteiger partial charge is 0.340 e. The molecule has 2 aromatic carbocycles. The lowest BCUT2D eigenvalue weighted by molar-refractivity contribution is -0.138. The van der Waals surface area contributed by atoms with Crippen LogP contribution in [0.4, 0.5) is 4.39 Å². The SMILES string of the molecule is O=C(C1CCCN(S(=O)(=O)c2ccc(F)cc2)C1)N1CCN(Cc2ccc(Cl)cc2)CC1. The number of amides is 1. The average Bonchev–Trinajstić information content (AvgIpc) is 2.81. The maximum atomic E-state index is 13.2. The topological polar surface area (TPSA) is 60.9 Å². The molecule has 2 aromatic rings. The van der Waals surface area contributed by atoms with E-state index in [1.807, 2.05) is 29.2 Å². The monoisotopic (exact) mass is 479 g/mol. The molecule has 0 aliphatic carbocycles. The minimum atomic E-state index is -3.74. The van der Waals surface area contributed by atoms with Crippen molar-refractivity contribution in [2.75, 3.05) is 39.3 Å². The Balaban J connectivity index is 1.33. The van der Waals surface area contributed by atoms with Crippen molar-refractivity contribution >= 4 is 27.5 Å². The molecule has 0 saturated carbocycles. The Morgan fingerprint density at radius 2 is 1.62 bits per heavy atom. The zero-order valence-electron chi connectivity index (χ0n) is 17.8. The van der Waals surface area contributed by atoms with E-state index in [-0.39, 0.29) is 23.3 Å². The summed E-state index contributed by atoms with van der Waals surface area (Å²) in [6.45, 7) is 4.17. The summed E-state index contributed by atoms with van der Waals surface area (Å²) in [5.41, 5.74) is 1.18. The van der Waals surface area contributed by atoms with Crippen molar-refractivity contribution in [1.82, 2.24) is 14.1 Å². The van der Waals surface area contributed by atoms with Gasteiger partial charge in [-0.05, 0) is 54.8 Å². The number of hydrogen-bond acceptors (Lipinski definition) is 4. The first-order valence-electron chi connectivity index (χ1n) is 10.8. The average molecular weight is 480 g/mol. The Hall–Kier alpha value is -2.00. The first kappa shape index (κ1) is 23.2. The molecule has 0 N–H and O–H groups in total. The molecule has 4 rings (SSSR count). The third-order valence-electron chi connectivity index (χ3n) is 6.19. The molecule has 9 heteroatoms. The first-order chi connectivity index (χ1) is 15.3. The Morgan fingerprint density at radius 3 is 2.28 bits per heavy atom. The molecule has 2 saturated heterocycles. The van der Waals surface area contributed by atoms with Gasteiger partial charge < -0.3 is 4.90 Å². The molecular weight excluding hydrogens is 453 g/mol. The Morgan fingerprint density at radius 1 is 0.969 bits per heavy atom. The van der Waals surface area contributed by atoms with Crippen molar-refractivity contribution in [3.8, 4) is 0 Å². The molecule has 6 nitrogen and oxygen atoms in total. The molecule has 32 heavy (non-hydrogen) atoms. The molecule has 2 fully saturated rings. The number of hydrogen-bond donors (Lipinski definition) is 0. The molecule has 0 spiro atoms. The number of piperazine rings is 1. The van der Waals surface area contributed by atoms with E-state index in [0.717, 1.165) is 31.8 Å². The lowest BCUT2D eigenvalue weighted by atomic mass is 9.97. The summed E-state index contributed by atoms with van der Waals surface area (Å²) in [4.78, 5) is 17.4. The van der Waals surface area contributed by atoms with Gasteiger partial charge in [0.05, 0.1) is 10.8 Å². The summed E-state index contributed by atoms with van der Waals surface area (Å²) in [5, 5.41) is 0.715. The van der Waals surface area contributed by atoms with Crippen molar-refractivity contribution in [1.29, 1.82) is 0 Å². The predicted molar refractivity (Wildman–Crippen MR) is 121 cm³/mol. The molecule has 1 unspecified atom stereocenters. The van der Waals surface area contributed by atoms with Crippen LogP contribution in [0.5, 0.6) is 0 Å². The lowest BCUT2D eigenvalue weighted by Gasteiger charge is -2.38. The zero-order chi connectivity index (χ0) is 22.7. The normalized spacial score (nSPS) is 20.9. The minimum Gasteiger partial charge on any atom is -0.340 e. The Bertz CT molecular complexity index is 1040. The summed E-state index contributed by atoms with van der Waals surface area (Å²) in [5.74, 6) is -0.803. The molecule has 0 bridgehead atoms. The van der Waals surface area contributed by atoms with E-state index in [0.29, 0.717) is 37.5 Å². The van der Waals surface area contributed by atoms with Gasteiger partial charge in [-0.25, -0.2) is 12.8 Å². The number of benzene rings is 2. The third-order valence-corrected chi connectivity index (χ3v) is 8.32. The van der Waals surface area contributed by atoms with E-state index < -0.39 is 15.8 Å². The van der Waals surface area contributed by atoms with E-state index in [4.69, 9.17) is 11.6 Å². The fraction of sp³-hybridized carbons (Fsp3) is 0.435. The Labute approximate surface area is 193 Å². The molecule has 2 heterocycles. The van der Waals surface area contributed by atoms with Gasteiger partial charge >= 0.3 is 0 Å². The highest BCUT2D eigenvalue weighted by Crippen LogP contribution is 2.26. The second-order valence-corrected chi connectivity index (χ2v) is 10.8. The van der Waals surface area contributed by atoms with Crippen LogP contribution < -0.4 is 0 Å². The molecule has 1 atom stereocenters. The van der Waals surface area contributed by atoms with E-state index in [9.17, 15) is 17.6 Å². The summed E-state index contributed by atoms with van der Waals surface area (Å²) in [6, 6.07) is 12.6. The van der Waals surface area contributed by atoms with Crippen LogP contribution >= 0.6 is 11.6 Å². The molecule has 1 amide bonds. The van der Waals surface area contributed by atoms with Gasteiger partial charge in [0.15, 0.2) is 0 Å². The second-order valence-electron chi connectivity index (χ2n) is 8.38. The van der Waals surface area contributed by atoms with Gasteiger partial charge in [-0.2, -0.15) is 4.31 Å². The standard InChI is InChI=1S/C23H27ClFN3O3S/c24-20-5-3-18(4-6-20)16-26-12-14-27(15-13-26)23(29)19-2-1-11-28(17-19)32(30,31)22-9-7-21(25)8-10-22/h3-10,19H,1-2,11-17H2. The predicted octanol–water partition coefficient (Wildman–Crippen LogP) is 3.22. The van der Waals surface area contributed by atoms with Gasteiger partial charge in [-0.1, -0.05) is 23.7 Å². The number of carbonyl (C=O) groups is 1. The molecule has 2 aliphatic heterocycles. The maximum Gasteiger partial charge on any atom is 0.243 e. The number of piperidine rings is 1. The van der Waals surface area contributed by atoms with Crippen LogP contribution in [0.2, 0.25) is 5.02 Å². The van der Waals surface area contributed by atoms with Gasteiger partial charge in [-0.3, -0.25) is 9.69 Å². The van der Waals surface area contributed by atoms with Crippen LogP contribution in [0.1, 0.15) is 18.4 Å². The van der Waals surface area contributed by atoms with Crippen LogP contribution in [-0.2, 0) is 21.4 Å². The van der Waals surface area contributed by atoms with Gasteiger partial charge in [0.2, 0.25) is 15.9 Å². The number of nitrogens with zero attached hydrogens (tertiary/aromatic N) is 3. The van der Waals surface area contributed by atoms with E-state index >= 15 is 0 Å². The van der Waals surface area contributed by atoms with E-state index in [1.165, 1.54) is 22.0 Å². The van der Waals surface area contributed by atoms with Gasteiger partial charge in [-0.15, -0.1) is 0 Å². The van der Waals surface area contributed by atoms with E-state index in [2.05, 4.69) is 4.90 Å². The number of sulfonamides is 1. The summed E-state index contributed by atoms with van der Waals surface area (Å²) < 4.78 is 40.4. The van der Waals surface area contributed by atoms with Gasteiger partial charge in [0.1, 0.15) is 5.82 Å². The van der Waals surface area contributed by atoms with Crippen LogP contribution in [0, 0.1) is 11.7 Å². The molecular formula is C23H27ClFN3O3S. The Kier molecular flexibility index (Phi) is 7.14. The lowest BCUT2D eigenvalue weighted by Crippen LogP contribution is -2.52. The third kappa shape index (κ3) is 5.31. The van der Waals surface area contributed by atoms with E-state index in [1.54, 1.807) is 0 Å². The van der Waals surface area contributed by atoms with Crippen LogP contribution in [0.15, 0.2) is 53.4 Å².